The summed E-state index contributed by atoms with van der Waals surface area (Å²) in [6.45, 7) is 1.40. The molecule has 1 heterocycles. The van der Waals surface area contributed by atoms with Crippen LogP contribution in [0.4, 0.5) is 8.78 Å². The first kappa shape index (κ1) is 19.7. The second kappa shape index (κ2) is 8.68. The van der Waals surface area contributed by atoms with Gasteiger partial charge in [-0.1, -0.05) is 0 Å². The number of ether oxygens (including phenoxy) is 1. The van der Waals surface area contributed by atoms with Crippen molar-refractivity contribution < 1.29 is 26.7 Å². The van der Waals surface area contributed by atoms with Gasteiger partial charge >= 0.3 is 0 Å². The first-order chi connectivity index (χ1) is 11.9. The van der Waals surface area contributed by atoms with E-state index in [0.29, 0.717) is 38.5 Å². The molecule has 0 unspecified atom stereocenters. The minimum absolute atomic E-state index is 0.0963. The summed E-state index contributed by atoms with van der Waals surface area (Å²) in [4.78, 5) is 11.8. The lowest BCUT2D eigenvalue weighted by Gasteiger charge is -2.30. The smallest absolute Gasteiger partial charge is 0.243 e. The number of methoxy groups -OCH3 is 1. The molecular weight excluding hydrogens is 354 g/mol. The summed E-state index contributed by atoms with van der Waals surface area (Å²) in [7, 11) is -2.31. The number of carbonyl (C=O) groups excluding carboxylic acids is 1. The molecular formula is C16H22F2N2O4S. The van der Waals surface area contributed by atoms with E-state index in [1.807, 2.05) is 0 Å². The maximum atomic E-state index is 13.3. The van der Waals surface area contributed by atoms with Gasteiger partial charge in [-0.3, -0.25) is 4.79 Å². The van der Waals surface area contributed by atoms with Crippen LogP contribution in [-0.2, 0) is 19.6 Å². The number of rotatable bonds is 7. The lowest BCUT2D eigenvalue weighted by molar-refractivity contribution is -0.126. The molecule has 2 rings (SSSR count). The summed E-state index contributed by atoms with van der Waals surface area (Å²) >= 11 is 0. The Balaban J connectivity index is 1.92. The van der Waals surface area contributed by atoms with Gasteiger partial charge in [0.25, 0.3) is 0 Å². The van der Waals surface area contributed by atoms with Gasteiger partial charge in [0.2, 0.25) is 15.9 Å². The van der Waals surface area contributed by atoms with Crippen molar-refractivity contribution in [2.75, 3.05) is 33.4 Å². The molecule has 0 atom stereocenters. The number of nitrogens with zero attached hydrogens (tertiary/aromatic N) is 1. The summed E-state index contributed by atoms with van der Waals surface area (Å²) in [6.07, 6.45) is 1.49. The molecule has 25 heavy (non-hydrogen) atoms. The number of hydrogen-bond donors (Lipinski definition) is 1. The molecule has 1 amide bonds. The molecule has 0 bridgehead atoms. The topological polar surface area (TPSA) is 75.7 Å². The third-order valence-corrected chi connectivity index (χ3v) is 6.07. The van der Waals surface area contributed by atoms with Gasteiger partial charge in [-0.25, -0.2) is 17.2 Å². The number of sulfonamides is 1. The number of benzene rings is 1. The van der Waals surface area contributed by atoms with Crippen molar-refractivity contribution in [3.8, 4) is 0 Å². The van der Waals surface area contributed by atoms with Crippen molar-refractivity contribution in [1.82, 2.24) is 9.62 Å². The van der Waals surface area contributed by atoms with E-state index in [0.717, 1.165) is 12.1 Å². The largest absolute Gasteiger partial charge is 0.385 e. The highest BCUT2D eigenvalue weighted by Gasteiger charge is 2.32. The maximum absolute atomic E-state index is 13.3. The van der Waals surface area contributed by atoms with Crippen molar-refractivity contribution in [3.63, 3.8) is 0 Å². The Bertz CT molecular complexity index is 704. The van der Waals surface area contributed by atoms with Crippen molar-refractivity contribution in [1.29, 1.82) is 0 Å². The van der Waals surface area contributed by atoms with E-state index in [1.165, 1.54) is 4.31 Å². The van der Waals surface area contributed by atoms with Crippen LogP contribution in [0.15, 0.2) is 23.1 Å². The first-order valence-electron chi connectivity index (χ1n) is 8.08. The third kappa shape index (κ3) is 4.96. The number of amides is 1. The molecule has 0 aliphatic carbocycles. The molecule has 1 aliphatic heterocycles. The van der Waals surface area contributed by atoms with E-state index in [9.17, 15) is 22.0 Å². The Morgan fingerprint density at radius 3 is 2.56 bits per heavy atom. The molecule has 1 saturated heterocycles. The number of carbonyl (C=O) groups is 1. The fraction of sp³-hybridized carbons (Fsp3) is 0.562. The highest BCUT2D eigenvalue weighted by molar-refractivity contribution is 7.89. The van der Waals surface area contributed by atoms with Crippen molar-refractivity contribution in [2.45, 2.75) is 24.2 Å². The average molecular weight is 376 g/mol. The average Bonchev–Trinajstić information content (AvgIpc) is 2.61. The molecule has 6 nitrogen and oxygen atoms in total. The Morgan fingerprint density at radius 2 is 1.96 bits per heavy atom. The molecule has 1 aromatic carbocycles. The van der Waals surface area contributed by atoms with Gasteiger partial charge < -0.3 is 10.1 Å². The normalized spacial score (nSPS) is 16.8. The van der Waals surface area contributed by atoms with Crippen LogP contribution >= 0.6 is 0 Å². The molecule has 0 aromatic heterocycles. The second-order valence-electron chi connectivity index (χ2n) is 5.89. The Kier molecular flexibility index (Phi) is 6.86. The summed E-state index contributed by atoms with van der Waals surface area (Å²) < 4.78 is 57.4. The fourth-order valence-corrected chi connectivity index (χ4v) is 4.20. The third-order valence-electron chi connectivity index (χ3n) is 4.18. The number of piperidine rings is 1. The van der Waals surface area contributed by atoms with E-state index in [4.69, 9.17) is 4.74 Å². The van der Waals surface area contributed by atoms with Crippen LogP contribution in [-0.4, -0.2) is 52.0 Å². The zero-order valence-electron chi connectivity index (χ0n) is 14.0. The van der Waals surface area contributed by atoms with Crippen LogP contribution < -0.4 is 5.32 Å². The zero-order valence-corrected chi connectivity index (χ0v) is 14.8. The van der Waals surface area contributed by atoms with Crippen molar-refractivity contribution >= 4 is 15.9 Å². The number of halogens is 2. The molecule has 140 valence electrons. The van der Waals surface area contributed by atoms with Gasteiger partial charge in [0.1, 0.15) is 0 Å². The van der Waals surface area contributed by atoms with E-state index >= 15 is 0 Å². The van der Waals surface area contributed by atoms with E-state index in [1.54, 1.807) is 7.11 Å². The van der Waals surface area contributed by atoms with E-state index < -0.39 is 21.7 Å². The highest BCUT2D eigenvalue weighted by atomic mass is 32.2. The standard InChI is InChI=1S/C16H22F2N2O4S/c1-24-10-2-7-19-16(21)12-5-8-20(9-6-12)25(22,23)13-3-4-14(17)15(18)11-13/h3-4,11-12H,2,5-10H2,1H3,(H,19,21). The van der Waals surface area contributed by atoms with E-state index in [2.05, 4.69) is 5.32 Å². The Morgan fingerprint density at radius 1 is 1.28 bits per heavy atom. The molecule has 1 aliphatic rings. The number of nitrogens with one attached hydrogen (secondary N) is 1. The molecule has 1 aromatic rings. The molecule has 0 saturated carbocycles. The monoisotopic (exact) mass is 376 g/mol. The minimum Gasteiger partial charge on any atom is -0.385 e. The molecule has 0 spiro atoms. The van der Waals surface area contributed by atoms with E-state index in [-0.39, 0.29) is 29.8 Å². The summed E-state index contributed by atoms with van der Waals surface area (Å²) in [5.41, 5.74) is 0. The van der Waals surface area contributed by atoms with Crippen molar-refractivity contribution in [2.24, 2.45) is 5.92 Å². The van der Waals surface area contributed by atoms with Crippen LogP contribution in [0.3, 0.4) is 0 Å². The zero-order chi connectivity index (χ0) is 18.4. The number of hydrogen-bond acceptors (Lipinski definition) is 4. The van der Waals surface area contributed by atoms with Gasteiger partial charge in [-0.15, -0.1) is 0 Å². The van der Waals surface area contributed by atoms with Crippen LogP contribution in [0.2, 0.25) is 0 Å². The minimum atomic E-state index is -3.90. The fourth-order valence-electron chi connectivity index (χ4n) is 2.72. The van der Waals surface area contributed by atoms with Gasteiger partial charge in [-0.2, -0.15) is 4.31 Å². The van der Waals surface area contributed by atoms with Gasteiger partial charge in [0, 0.05) is 39.3 Å². The lowest BCUT2D eigenvalue weighted by atomic mass is 9.97. The predicted molar refractivity (Wildman–Crippen MR) is 87.3 cm³/mol. The van der Waals surface area contributed by atoms with Crippen LogP contribution in [0, 0.1) is 17.6 Å². The first-order valence-corrected chi connectivity index (χ1v) is 9.52. The molecule has 0 radical (unpaired) electrons. The SMILES string of the molecule is COCCCNC(=O)C1CCN(S(=O)(=O)c2ccc(F)c(F)c2)CC1. The quantitative estimate of drug-likeness (QED) is 0.732. The van der Waals surface area contributed by atoms with Crippen molar-refractivity contribution in [3.05, 3.63) is 29.8 Å². The molecule has 1 N–H and O–H groups in total. The van der Waals surface area contributed by atoms with Crippen LogP contribution in [0.5, 0.6) is 0 Å². The molecule has 9 heteroatoms. The maximum Gasteiger partial charge on any atom is 0.243 e. The Hall–Kier alpha value is -1.58. The highest BCUT2D eigenvalue weighted by Crippen LogP contribution is 2.24. The summed E-state index contributed by atoms with van der Waals surface area (Å²) in [5.74, 6) is -2.64. The summed E-state index contributed by atoms with van der Waals surface area (Å²) in [6, 6.07) is 2.52. The van der Waals surface area contributed by atoms with Gasteiger partial charge in [0.15, 0.2) is 11.6 Å². The van der Waals surface area contributed by atoms with Gasteiger partial charge in [0.05, 0.1) is 4.90 Å². The van der Waals surface area contributed by atoms with Crippen LogP contribution in [0.1, 0.15) is 19.3 Å². The van der Waals surface area contributed by atoms with Gasteiger partial charge in [-0.05, 0) is 37.5 Å². The van der Waals surface area contributed by atoms with Crippen LogP contribution in [0.25, 0.3) is 0 Å². The Labute approximate surface area is 146 Å². The second-order valence-corrected chi connectivity index (χ2v) is 7.83. The lowest BCUT2D eigenvalue weighted by Crippen LogP contribution is -2.43. The molecule has 1 fully saturated rings. The summed E-state index contributed by atoms with van der Waals surface area (Å²) in [5, 5.41) is 2.81. The predicted octanol–water partition coefficient (Wildman–Crippen LogP) is 1.52.